The summed E-state index contributed by atoms with van der Waals surface area (Å²) in [6.45, 7) is 7.35. The van der Waals surface area contributed by atoms with Gasteiger partial charge in [-0.15, -0.1) is 0 Å². The van der Waals surface area contributed by atoms with Gasteiger partial charge in [0, 0.05) is 19.3 Å². The summed E-state index contributed by atoms with van der Waals surface area (Å²) < 4.78 is 18.4. The maximum absolute atomic E-state index is 13.1. The molecule has 0 aromatic carbocycles. The molecule has 0 aliphatic rings. The van der Waals surface area contributed by atoms with Gasteiger partial charge in [0.15, 0.2) is 0 Å². The Bertz CT molecular complexity index is 1220. The van der Waals surface area contributed by atoms with Crippen molar-refractivity contribution in [2.45, 2.75) is 252 Å². The number of carbonyl (C=O) groups excluding carboxylic acids is 3. The summed E-state index contributed by atoms with van der Waals surface area (Å²) in [7, 11) is 6.19. The van der Waals surface area contributed by atoms with E-state index in [0.717, 1.165) is 135 Å². The van der Waals surface area contributed by atoms with Crippen molar-refractivity contribution in [3.63, 3.8) is 0 Å². The van der Waals surface area contributed by atoms with Crippen molar-refractivity contribution in [1.82, 2.24) is 0 Å². The molecule has 0 radical (unpaired) electrons. The normalized spacial score (nSPS) is 12.4. The van der Waals surface area contributed by atoms with Gasteiger partial charge in [-0.2, -0.15) is 0 Å². The molecule has 0 amide bonds. The minimum atomic E-state index is -0.853. The van der Waals surface area contributed by atoms with Crippen LogP contribution in [-0.2, 0) is 28.6 Å². The Balaban J connectivity index is 0. The summed E-state index contributed by atoms with van der Waals surface area (Å²) in [4.78, 5) is 39.4. The zero-order valence-corrected chi connectivity index (χ0v) is 47.2. The Kier molecular flexibility index (Phi) is 51.8. The molecule has 0 aromatic rings. The monoisotopic (exact) mass is 1000 g/mol. The Hall–Kier alpha value is -2.90. The number of esters is 3. The van der Waals surface area contributed by atoms with E-state index in [1.54, 1.807) is 0 Å². The van der Waals surface area contributed by atoms with E-state index < -0.39 is 5.41 Å². The number of rotatable bonds is 50. The van der Waals surface area contributed by atoms with Crippen molar-refractivity contribution < 1.29 is 45.5 Å². The van der Waals surface area contributed by atoms with Gasteiger partial charge >= 0.3 is 17.9 Å². The molecule has 0 heterocycles. The van der Waals surface area contributed by atoms with E-state index in [1.807, 2.05) is 0 Å². The molecule has 70 heavy (non-hydrogen) atoms. The molecule has 0 aromatic heterocycles. The molecule has 8 heteroatoms. The lowest BCUT2D eigenvalue weighted by atomic mass is 9.89. The maximum Gasteiger partial charge on any atom is 0.305 e. The van der Waals surface area contributed by atoms with E-state index in [9.17, 15) is 14.4 Å². The predicted molar refractivity (Wildman–Crippen MR) is 296 cm³/mol. The van der Waals surface area contributed by atoms with Crippen LogP contribution in [0.2, 0.25) is 0 Å². The first-order chi connectivity index (χ1) is 33.6. The number of quaternary nitrogens is 1. The molecule has 0 saturated heterocycles. The van der Waals surface area contributed by atoms with Gasteiger partial charge in [0.2, 0.25) is 0 Å². The van der Waals surface area contributed by atoms with Gasteiger partial charge in [0.25, 0.3) is 0 Å². The number of hydrogen-bond acceptors (Lipinski definition) is 6. The SMILES string of the molecule is CCCCC/C=C\C/C=C\CCCCCCCC(=O)OCC(COC(=O)CCCCCCC/C=C\C/C=C\CCCCC)(COC(=O)CCCCCCC/C=C\C/C=C\CCCCC)C[N+](C)(C)C.[Cl-]. The van der Waals surface area contributed by atoms with Crippen molar-refractivity contribution in [2.24, 2.45) is 5.41 Å². The highest BCUT2D eigenvalue weighted by molar-refractivity contribution is 5.70. The highest BCUT2D eigenvalue weighted by Gasteiger charge is 2.41. The molecule has 0 bridgehead atoms. The molecule has 0 aliphatic heterocycles. The van der Waals surface area contributed by atoms with Crippen molar-refractivity contribution in [2.75, 3.05) is 47.5 Å². The molecule has 0 rings (SSSR count). The van der Waals surface area contributed by atoms with Crippen molar-refractivity contribution >= 4 is 17.9 Å². The van der Waals surface area contributed by atoms with E-state index in [2.05, 4.69) is 115 Å². The summed E-state index contributed by atoms with van der Waals surface area (Å²) in [5.41, 5.74) is -0.853. The van der Waals surface area contributed by atoms with Crippen LogP contribution in [-0.4, -0.2) is 69.9 Å². The summed E-state index contributed by atoms with van der Waals surface area (Å²) in [6.07, 6.45) is 65.5. The highest BCUT2D eigenvalue weighted by atomic mass is 35.5. The van der Waals surface area contributed by atoms with Gasteiger partial charge in [-0.25, -0.2) is 0 Å². The molecule has 0 atom stereocenters. The Morgan fingerprint density at radius 3 is 0.814 bits per heavy atom. The van der Waals surface area contributed by atoms with Gasteiger partial charge in [0.05, 0.1) is 27.7 Å². The smallest absolute Gasteiger partial charge is 0.305 e. The summed E-state index contributed by atoms with van der Waals surface area (Å²) >= 11 is 0. The van der Waals surface area contributed by atoms with E-state index >= 15 is 0 Å². The number of unbranched alkanes of at least 4 members (excludes halogenated alkanes) is 24. The fraction of sp³-hybridized carbons (Fsp3) is 0.758. The quantitative estimate of drug-likeness (QED) is 0.0199. The largest absolute Gasteiger partial charge is 1.00 e. The fourth-order valence-corrected chi connectivity index (χ4v) is 8.43. The van der Waals surface area contributed by atoms with Crippen molar-refractivity contribution in [3.05, 3.63) is 72.9 Å². The predicted octanol–water partition coefficient (Wildman–Crippen LogP) is 14.8. The van der Waals surface area contributed by atoms with Crippen LogP contribution in [0, 0.1) is 5.41 Å². The van der Waals surface area contributed by atoms with Crippen LogP contribution in [0.25, 0.3) is 0 Å². The molecule has 0 N–H and O–H groups in total. The molecule has 406 valence electrons. The number of halogens is 1. The van der Waals surface area contributed by atoms with Gasteiger partial charge in [-0.1, -0.05) is 190 Å². The lowest BCUT2D eigenvalue weighted by Gasteiger charge is -2.38. The van der Waals surface area contributed by atoms with Crippen LogP contribution in [0.3, 0.4) is 0 Å². The molecular formula is C62H110ClNO6. The van der Waals surface area contributed by atoms with Gasteiger partial charge in [0.1, 0.15) is 25.2 Å². The Morgan fingerprint density at radius 1 is 0.343 bits per heavy atom. The van der Waals surface area contributed by atoms with Crippen LogP contribution in [0.5, 0.6) is 0 Å². The van der Waals surface area contributed by atoms with Crippen molar-refractivity contribution in [1.29, 1.82) is 0 Å². The number of nitrogens with zero attached hydrogens (tertiary/aromatic N) is 1. The summed E-state index contributed by atoms with van der Waals surface area (Å²) in [5.74, 6) is -0.752. The fourth-order valence-electron chi connectivity index (χ4n) is 8.43. The first-order valence-electron chi connectivity index (χ1n) is 28.7. The van der Waals surface area contributed by atoms with Crippen LogP contribution in [0.4, 0.5) is 0 Å². The standard InChI is InChI=1S/C62H110NO6.ClH/c1-7-10-13-16-19-22-25-28-31-34-37-40-43-46-49-52-59(64)67-56-62(55-63(4,5)6,57-68-60(65)53-50-47-44-41-38-35-32-29-26-23-20-17-14-11-8-2)58-69-61(66)54-51-48-45-42-39-36-33-30-27-24-21-18-15-12-9-3;/h19-24,28-33H,7-18,25-27,34-58H2,1-6H3;1H/q+1;/p-1/b22-19-,23-20-,24-21-,31-28-,32-29-,33-30-;. The number of carbonyl (C=O) groups is 3. The number of ether oxygens (including phenoxy) is 3. The van der Waals surface area contributed by atoms with Gasteiger partial charge in [-0.3, -0.25) is 14.4 Å². The molecule has 0 fully saturated rings. The minimum absolute atomic E-state index is 0. The van der Waals surface area contributed by atoms with E-state index in [1.165, 1.54) is 77.0 Å². The second-order valence-electron chi connectivity index (χ2n) is 20.9. The van der Waals surface area contributed by atoms with E-state index in [4.69, 9.17) is 14.2 Å². The number of hydrogen-bond donors (Lipinski definition) is 0. The number of allylic oxidation sites excluding steroid dienone is 12. The average Bonchev–Trinajstić information content (AvgIpc) is 3.32. The molecule has 0 saturated carbocycles. The highest BCUT2D eigenvalue weighted by Crippen LogP contribution is 2.25. The zero-order valence-electron chi connectivity index (χ0n) is 46.5. The van der Waals surface area contributed by atoms with Crippen LogP contribution < -0.4 is 12.4 Å². The molecular weight excluding hydrogens is 890 g/mol. The Morgan fingerprint density at radius 2 is 0.571 bits per heavy atom. The molecule has 0 unspecified atom stereocenters. The maximum atomic E-state index is 13.1. The minimum Gasteiger partial charge on any atom is -1.00 e. The molecule has 0 spiro atoms. The van der Waals surface area contributed by atoms with Gasteiger partial charge < -0.3 is 31.1 Å². The summed E-state index contributed by atoms with van der Waals surface area (Å²) in [5, 5.41) is 0. The third kappa shape index (κ3) is 51.5. The van der Waals surface area contributed by atoms with Crippen LogP contribution in [0.1, 0.15) is 252 Å². The third-order valence-corrected chi connectivity index (χ3v) is 12.4. The first-order valence-corrected chi connectivity index (χ1v) is 28.7. The lowest BCUT2D eigenvalue weighted by molar-refractivity contribution is -0.877. The topological polar surface area (TPSA) is 78.9 Å². The summed E-state index contributed by atoms with van der Waals surface area (Å²) in [6, 6.07) is 0. The zero-order chi connectivity index (χ0) is 50.6. The molecule has 0 aliphatic carbocycles. The van der Waals surface area contributed by atoms with Crippen molar-refractivity contribution in [3.8, 4) is 0 Å². The van der Waals surface area contributed by atoms with Gasteiger partial charge in [-0.05, 0) is 116 Å². The van der Waals surface area contributed by atoms with Crippen LogP contribution in [0.15, 0.2) is 72.9 Å². The lowest BCUT2D eigenvalue weighted by Crippen LogP contribution is -3.00. The molecule has 7 nitrogen and oxygen atoms in total. The Labute approximate surface area is 439 Å². The third-order valence-electron chi connectivity index (χ3n) is 12.4. The van der Waals surface area contributed by atoms with E-state index in [-0.39, 0.29) is 50.1 Å². The second kappa shape index (κ2) is 52.4. The average molecular weight is 1000 g/mol. The van der Waals surface area contributed by atoms with Crippen LogP contribution >= 0.6 is 0 Å². The second-order valence-corrected chi connectivity index (χ2v) is 20.9. The van der Waals surface area contributed by atoms with E-state index in [0.29, 0.717) is 30.3 Å². The first kappa shape index (κ1) is 69.2.